The van der Waals surface area contributed by atoms with Crippen LogP contribution in [0, 0.1) is 23.7 Å². The first-order valence-corrected chi connectivity index (χ1v) is 9.27. The predicted octanol–water partition coefficient (Wildman–Crippen LogP) is 2.65. The number of nitrogens with zero attached hydrogens (tertiary/aromatic N) is 1. The summed E-state index contributed by atoms with van der Waals surface area (Å²) in [5.74, 6) is -0.0665. The molecule has 0 N–H and O–H groups in total. The van der Waals surface area contributed by atoms with E-state index in [1.165, 1.54) is 19.2 Å². The van der Waals surface area contributed by atoms with Gasteiger partial charge >= 0.3 is 0 Å². The number of aryl methyl sites for hydroxylation is 1. The lowest BCUT2D eigenvalue weighted by molar-refractivity contribution is -0.110. The maximum absolute atomic E-state index is 13.0. The molecule has 6 heteroatoms. The molecule has 0 heterocycles. The molecule has 0 saturated heterocycles. The molecule has 128 valence electrons. The molecule has 3 atom stereocenters. The van der Waals surface area contributed by atoms with Gasteiger partial charge in [0.2, 0.25) is 0 Å². The molecule has 3 rings (SSSR count). The lowest BCUT2D eigenvalue weighted by atomic mass is 10.0. The Morgan fingerprint density at radius 3 is 2.20 bits per heavy atom. The van der Waals surface area contributed by atoms with Crippen LogP contribution in [0.25, 0.3) is 0 Å². The van der Waals surface area contributed by atoms with Crippen LogP contribution in [0.5, 0.6) is 5.75 Å². The predicted molar refractivity (Wildman–Crippen MR) is 92.0 cm³/mol. The van der Waals surface area contributed by atoms with Crippen molar-refractivity contribution in [1.82, 2.24) is 0 Å². The van der Waals surface area contributed by atoms with Crippen molar-refractivity contribution < 1.29 is 17.9 Å². The lowest BCUT2D eigenvalue weighted by Crippen LogP contribution is -2.16. The summed E-state index contributed by atoms with van der Waals surface area (Å²) < 4.78 is 31.1. The molecule has 25 heavy (non-hydrogen) atoms. The summed E-state index contributed by atoms with van der Waals surface area (Å²) in [5.41, 5.74) is 0.0108. The Balaban J connectivity index is 2.05. The van der Waals surface area contributed by atoms with Crippen LogP contribution in [0.15, 0.2) is 53.4 Å². The molecular formula is C19H17NO4S. The highest BCUT2D eigenvalue weighted by atomic mass is 32.2. The summed E-state index contributed by atoms with van der Waals surface area (Å²) in [7, 11) is -2.28. The molecule has 1 fully saturated rings. The largest absolute Gasteiger partial charge is 0.497 e. The molecule has 0 aromatic heterocycles. The van der Waals surface area contributed by atoms with Gasteiger partial charge in [-0.25, -0.2) is 8.42 Å². The van der Waals surface area contributed by atoms with Gasteiger partial charge in [0.15, 0.2) is 9.84 Å². The van der Waals surface area contributed by atoms with E-state index in [0.717, 1.165) is 5.56 Å². The summed E-state index contributed by atoms with van der Waals surface area (Å²) in [6.45, 7) is 1.86. The minimum atomic E-state index is -3.81. The van der Waals surface area contributed by atoms with Crippen LogP contribution in [0.4, 0.5) is 0 Å². The van der Waals surface area contributed by atoms with E-state index in [1.807, 2.05) is 13.0 Å². The number of ether oxygens (including phenoxy) is 1. The maximum Gasteiger partial charge on any atom is 0.183 e. The van der Waals surface area contributed by atoms with Crippen molar-refractivity contribution in [2.24, 2.45) is 5.41 Å². The fourth-order valence-corrected chi connectivity index (χ4v) is 5.49. The Hall–Kier alpha value is -2.65. The van der Waals surface area contributed by atoms with E-state index in [-0.39, 0.29) is 4.90 Å². The fourth-order valence-electron chi connectivity index (χ4n) is 3.25. The van der Waals surface area contributed by atoms with Gasteiger partial charge in [-0.3, -0.25) is 0 Å². The van der Waals surface area contributed by atoms with Gasteiger partial charge < -0.3 is 9.53 Å². The minimum Gasteiger partial charge on any atom is -0.497 e. The molecule has 2 aromatic carbocycles. The smallest absolute Gasteiger partial charge is 0.183 e. The van der Waals surface area contributed by atoms with Crippen LogP contribution >= 0.6 is 0 Å². The summed E-state index contributed by atoms with van der Waals surface area (Å²) >= 11 is 0. The van der Waals surface area contributed by atoms with Crippen LogP contribution in [-0.4, -0.2) is 27.1 Å². The van der Waals surface area contributed by atoms with Crippen LogP contribution in [0.1, 0.15) is 17.0 Å². The zero-order valence-corrected chi connectivity index (χ0v) is 14.7. The Bertz CT molecular complexity index is 942. The molecule has 1 aliphatic carbocycles. The molecule has 0 bridgehead atoms. The average Bonchev–Trinajstić information content (AvgIpc) is 3.33. The van der Waals surface area contributed by atoms with Crippen molar-refractivity contribution in [1.29, 1.82) is 5.26 Å². The Labute approximate surface area is 146 Å². The molecule has 0 unspecified atom stereocenters. The van der Waals surface area contributed by atoms with Crippen molar-refractivity contribution in [3.63, 3.8) is 0 Å². The Morgan fingerprint density at radius 2 is 1.72 bits per heavy atom. The van der Waals surface area contributed by atoms with Gasteiger partial charge in [-0.2, -0.15) is 5.26 Å². The Morgan fingerprint density at radius 1 is 1.12 bits per heavy atom. The Kier molecular flexibility index (Phi) is 4.13. The van der Waals surface area contributed by atoms with E-state index in [0.29, 0.717) is 17.6 Å². The van der Waals surface area contributed by atoms with Crippen LogP contribution in [0.3, 0.4) is 0 Å². The number of nitriles is 1. The molecule has 0 amide bonds. The van der Waals surface area contributed by atoms with Crippen LogP contribution in [-0.2, 0) is 14.6 Å². The highest BCUT2D eigenvalue weighted by Gasteiger charge is 2.72. The van der Waals surface area contributed by atoms with Gasteiger partial charge in [-0.15, -0.1) is 0 Å². The number of hydrogen-bond donors (Lipinski definition) is 0. The van der Waals surface area contributed by atoms with E-state index >= 15 is 0 Å². The van der Waals surface area contributed by atoms with E-state index in [2.05, 4.69) is 0 Å². The van der Waals surface area contributed by atoms with E-state index in [1.54, 1.807) is 36.4 Å². The second-order valence-electron chi connectivity index (χ2n) is 6.19. The van der Waals surface area contributed by atoms with E-state index in [4.69, 9.17) is 4.74 Å². The number of sulfone groups is 1. The average molecular weight is 355 g/mol. The third-order valence-corrected chi connectivity index (χ3v) is 6.99. The molecule has 5 nitrogen and oxygen atoms in total. The minimum absolute atomic E-state index is 0.126. The number of aldehydes is 1. The molecule has 1 aliphatic rings. The number of carbonyl (C=O) groups excluding carboxylic acids is 1. The van der Waals surface area contributed by atoms with Crippen molar-refractivity contribution >= 4 is 16.1 Å². The first kappa shape index (κ1) is 17.2. The number of benzene rings is 2. The number of carbonyl (C=O) groups is 1. The highest BCUT2D eigenvalue weighted by Crippen LogP contribution is 2.62. The van der Waals surface area contributed by atoms with Crippen molar-refractivity contribution in [3.05, 3.63) is 59.7 Å². The number of methoxy groups -OCH3 is 1. The van der Waals surface area contributed by atoms with Gasteiger partial charge in [0.25, 0.3) is 0 Å². The van der Waals surface area contributed by atoms with Gasteiger partial charge in [0.1, 0.15) is 22.7 Å². The lowest BCUT2D eigenvalue weighted by Gasteiger charge is -2.05. The normalized spacial score (nSPS) is 25.0. The quantitative estimate of drug-likeness (QED) is 0.770. The summed E-state index contributed by atoms with van der Waals surface area (Å²) in [5, 5.41) is 8.46. The van der Waals surface area contributed by atoms with Gasteiger partial charge in [0, 0.05) is 5.92 Å². The molecule has 0 aliphatic heterocycles. The standard InChI is InChI=1S/C19H17NO4S/c1-13-3-9-16(10-4-13)25(22,23)18-17(19(18,11-20)12-21)14-5-7-15(24-2)8-6-14/h3-10,12,17-18H,1-2H3/t17-,18-,19-/m1/s1. The first-order chi connectivity index (χ1) is 11.9. The molecular weight excluding hydrogens is 338 g/mol. The van der Waals surface area contributed by atoms with Gasteiger partial charge in [0.05, 0.1) is 18.1 Å². The van der Waals surface area contributed by atoms with Crippen molar-refractivity contribution in [2.75, 3.05) is 7.11 Å². The third kappa shape index (κ3) is 2.61. The SMILES string of the molecule is COc1ccc([C@@H]2[C@@H](S(=O)(=O)c3ccc(C)cc3)[C@]2(C#N)C=O)cc1. The van der Waals surface area contributed by atoms with E-state index in [9.17, 15) is 18.5 Å². The second kappa shape index (κ2) is 6.01. The first-order valence-electron chi connectivity index (χ1n) is 7.73. The fraction of sp³-hybridized carbons (Fsp3) is 0.263. The molecule has 2 aromatic rings. The summed E-state index contributed by atoms with van der Waals surface area (Å²) in [6, 6.07) is 15.1. The second-order valence-corrected chi connectivity index (χ2v) is 8.26. The number of hydrogen-bond acceptors (Lipinski definition) is 5. The molecule has 1 saturated carbocycles. The van der Waals surface area contributed by atoms with Gasteiger partial charge in [-0.05, 0) is 36.8 Å². The highest BCUT2D eigenvalue weighted by molar-refractivity contribution is 7.92. The van der Waals surface area contributed by atoms with Crippen LogP contribution < -0.4 is 4.74 Å². The maximum atomic E-state index is 13.0. The summed E-state index contributed by atoms with van der Waals surface area (Å²) in [6.07, 6.45) is 0.471. The number of rotatable bonds is 5. The zero-order valence-electron chi connectivity index (χ0n) is 13.8. The van der Waals surface area contributed by atoms with Crippen molar-refractivity contribution in [2.45, 2.75) is 23.0 Å². The van der Waals surface area contributed by atoms with Crippen molar-refractivity contribution in [3.8, 4) is 11.8 Å². The molecule has 0 radical (unpaired) electrons. The molecule has 0 spiro atoms. The topological polar surface area (TPSA) is 84.2 Å². The van der Waals surface area contributed by atoms with Crippen LogP contribution in [0.2, 0.25) is 0 Å². The zero-order chi connectivity index (χ0) is 18.2. The third-order valence-electron chi connectivity index (χ3n) is 4.73. The van der Waals surface area contributed by atoms with Gasteiger partial charge in [-0.1, -0.05) is 29.8 Å². The summed E-state index contributed by atoms with van der Waals surface area (Å²) in [4.78, 5) is 11.8. The monoisotopic (exact) mass is 355 g/mol. The van der Waals surface area contributed by atoms with E-state index < -0.39 is 26.4 Å².